The number of nitrogens with one attached hydrogen (secondary N) is 1. The van der Waals surface area contributed by atoms with Crippen LogP contribution in [0, 0.1) is 0 Å². The third-order valence-electron chi connectivity index (χ3n) is 7.51. The maximum absolute atomic E-state index is 13.1. The third-order valence-corrected chi connectivity index (χ3v) is 7.51. The second-order valence-corrected chi connectivity index (χ2v) is 10.0. The van der Waals surface area contributed by atoms with Gasteiger partial charge in [0, 0.05) is 41.8 Å². The SMILES string of the molecule is C[C@@H](Oc1cc(-c2cnn(C)c2)cnc1N)c1cccc(NC(=O)c2ccc3c(c2)C2(CC3)CC2)c1. The molecule has 36 heavy (non-hydrogen) atoms. The minimum Gasteiger partial charge on any atom is -0.482 e. The zero-order chi connectivity index (χ0) is 24.9. The average Bonchev–Trinajstić information content (AvgIpc) is 3.41. The molecular formula is C29H29N5O2. The van der Waals surface area contributed by atoms with E-state index in [2.05, 4.69) is 27.5 Å². The fraction of sp³-hybridized carbons (Fsp3) is 0.276. The monoisotopic (exact) mass is 479 g/mol. The molecule has 1 atom stereocenters. The van der Waals surface area contributed by atoms with Crippen LogP contribution in [0.15, 0.2) is 67.1 Å². The van der Waals surface area contributed by atoms with Gasteiger partial charge >= 0.3 is 0 Å². The Labute approximate surface area is 210 Å². The average molecular weight is 480 g/mol. The number of ether oxygens (including phenoxy) is 1. The molecule has 7 heteroatoms. The third kappa shape index (κ3) is 4.11. The summed E-state index contributed by atoms with van der Waals surface area (Å²) in [6, 6.07) is 15.8. The predicted molar refractivity (Wildman–Crippen MR) is 140 cm³/mol. The first-order valence-electron chi connectivity index (χ1n) is 12.4. The van der Waals surface area contributed by atoms with Gasteiger partial charge in [-0.25, -0.2) is 4.98 Å². The van der Waals surface area contributed by atoms with Gasteiger partial charge in [-0.2, -0.15) is 5.10 Å². The topological polar surface area (TPSA) is 95.1 Å². The van der Waals surface area contributed by atoms with E-state index in [1.165, 1.54) is 30.4 Å². The molecule has 0 saturated heterocycles. The Morgan fingerprint density at radius 3 is 2.75 bits per heavy atom. The molecule has 2 aromatic heterocycles. The fourth-order valence-electron chi connectivity index (χ4n) is 5.22. The zero-order valence-corrected chi connectivity index (χ0v) is 20.5. The predicted octanol–water partition coefficient (Wildman–Crippen LogP) is 5.43. The standard InChI is InChI=1S/C29H29N5O2/c1-18(36-26-14-22(15-31-27(26)30)23-16-32-34(2)17-23)20-4-3-5-24(12-20)33-28(35)21-7-6-19-8-9-29(10-11-29)25(19)13-21/h3-7,12-18H,8-11H2,1-2H3,(H2,30,31)(H,33,35)/t18-/m1/s1. The van der Waals surface area contributed by atoms with Crippen molar-refractivity contribution >= 4 is 17.4 Å². The number of pyridine rings is 1. The lowest BCUT2D eigenvalue weighted by Crippen LogP contribution is -2.14. The lowest BCUT2D eigenvalue weighted by Gasteiger charge is -2.18. The van der Waals surface area contributed by atoms with Gasteiger partial charge < -0.3 is 15.8 Å². The maximum atomic E-state index is 13.1. The number of carbonyl (C=O) groups is 1. The number of hydrogen-bond donors (Lipinski definition) is 2. The van der Waals surface area contributed by atoms with Crippen LogP contribution in [-0.4, -0.2) is 20.7 Å². The normalized spacial score (nSPS) is 15.9. The van der Waals surface area contributed by atoms with E-state index in [1.54, 1.807) is 17.1 Å². The van der Waals surface area contributed by atoms with Crippen LogP contribution in [0.5, 0.6) is 5.75 Å². The number of benzene rings is 2. The first-order valence-corrected chi connectivity index (χ1v) is 12.4. The molecule has 0 aliphatic heterocycles. The van der Waals surface area contributed by atoms with Crippen molar-refractivity contribution in [2.45, 2.75) is 44.1 Å². The highest BCUT2D eigenvalue weighted by atomic mass is 16.5. The number of aromatic nitrogens is 3. The van der Waals surface area contributed by atoms with Gasteiger partial charge in [0.15, 0.2) is 11.6 Å². The highest BCUT2D eigenvalue weighted by Crippen LogP contribution is 2.56. The summed E-state index contributed by atoms with van der Waals surface area (Å²) in [5.74, 6) is 0.735. The van der Waals surface area contributed by atoms with Crippen LogP contribution in [0.3, 0.4) is 0 Å². The van der Waals surface area contributed by atoms with E-state index in [1.807, 2.05) is 56.6 Å². The van der Waals surface area contributed by atoms with Crippen molar-refractivity contribution in [3.63, 3.8) is 0 Å². The Hall–Kier alpha value is -4.13. The van der Waals surface area contributed by atoms with Crippen LogP contribution in [0.25, 0.3) is 11.1 Å². The molecule has 1 fully saturated rings. The highest BCUT2D eigenvalue weighted by molar-refractivity contribution is 6.04. The van der Waals surface area contributed by atoms with Gasteiger partial charge in [0.05, 0.1) is 6.20 Å². The molecular weight excluding hydrogens is 450 g/mol. The van der Waals surface area contributed by atoms with E-state index in [0.717, 1.165) is 28.8 Å². The van der Waals surface area contributed by atoms with Crippen molar-refractivity contribution in [3.8, 4) is 16.9 Å². The number of fused-ring (bicyclic) bond motifs is 2. The van der Waals surface area contributed by atoms with Crippen LogP contribution >= 0.6 is 0 Å². The van der Waals surface area contributed by atoms with Crippen molar-refractivity contribution in [1.29, 1.82) is 0 Å². The number of rotatable bonds is 6. The lowest BCUT2D eigenvalue weighted by atomic mass is 9.96. The molecule has 1 saturated carbocycles. The Bertz CT molecular complexity index is 1470. The van der Waals surface area contributed by atoms with Crippen LogP contribution in [0.2, 0.25) is 0 Å². The molecule has 0 unspecified atom stereocenters. The molecule has 182 valence electrons. The Morgan fingerprint density at radius 2 is 1.97 bits per heavy atom. The summed E-state index contributed by atoms with van der Waals surface area (Å²) in [5.41, 5.74) is 13.4. The van der Waals surface area contributed by atoms with Crippen molar-refractivity contribution in [2.24, 2.45) is 7.05 Å². The molecule has 2 heterocycles. The van der Waals surface area contributed by atoms with E-state index in [9.17, 15) is 4.79 Å². The number of hydrogen-bond acceptors (Lipinski definition) is 5. The Kier molecular flexibility index (Phi) is 5.29. The number of nitrogen functional groups attached to an aromatic ring is 1. The number of carbonyl (C=O) groups excluding carboxylic acids is 1. The van der Waals surface area contributed by atoms with Gasteiger partial charge in [-0.1, -0.05) is 18.2 Å². The number of amides is 1. The first-order chi connectivity index (χ1) is 17.4. The molecule has 2 aliphatic rings. The molecule has 3 N–H and O–H groups in total. The van der Waals surface area contributed by atoms with Crippen molar-refractivity contribution in [2.75, 3.05) is 11.1 Å². The summed E-state index contributed by atoms with van der Waals surface area (Å²) in [6.07, 6.45) is 9.94. The van der Waals surface area contributed by atoms with Crippen molar-refractivity contribution < 1.29 is 9.53 Å². The van der Waals surface area contributed by atoms with Gasteiger partial charge in [-0.05, 0) is 85.0 Å². The minimum absolute atomic E-state index is 0.0937. The summed E-state index contributed by atoms with van der Waals surface area (Å²) < 4.78 is 7.94. The molecule has 2 aliphatic carbocycles. The van der Waals surface area contributed by atoms with Gasteiger partial charge in [0.25, 0.3) is 5.91 Å². The van der Waals surface area contributed by atoms with Gasteiger partial charge in [-0.3, -0.25) is 9.48 Å². The molecule has 0 radical (unpaired) electrons. The second kappa shape index (κ2) is 8.52. The number of anilines is 2. The molecule has 7 nitrogen and oxygen atoms in total. The molecule has 0 bridgehead atoms. The highest BCUT2D eigenvalue weighted by Gasteiger charge is 2.48. The van der Waals surface area contributed by atoms with Gasteiger partial charge in [0.2, 0.25) is 0 Å². The quantitative estimate of drug-likeness (QED) is 0.384. The smallest absolute Gasteiger partial charge is 0.255 e. The fourth-order valence-corrected chi connectivity index (χ4v) is 5.22. The second-order valence-electron chi connectivity index (χ2n) is 10.0. The van der Waals surface area contributed by atoms with E-state index in [0.29, 0.717) is 22.5 Å². The van der Waals surface area contributed by atoms with Crippen LogP contribution in [0.1, 0.15) is 59.3 Å². The molecule has 4 aromatic rings. The van der Waals surface area contributed by atoms with E-state index in [-0.39, 0.29) is 12.0 Å². The summed E-state index contributed by atoms with van der Waals surface area (Å²) in [6.45, 7) is 1.95. The van der Waals surface area contributed by atoms with Crippen molar-refractivity contribution in [1.82, 2.24) is 14.8 Å². The summed E-state index contributed by atoms with van der Waals surface area (Å²) in [7, 11) is 1.87. The summed E-state index contributed by atoms with van der Waals surface area (Å²) >= 11 is 0. The first kappa shape index (κ1) is 22.3. The summed E-state index contributed by atoms with van der Waals surface area (Å²) in [4.78, 5) is 17.4. The van der Waals surface area contributed by atoms with E-state index < -0.39 is 0 Å². The largest absolute Gasteiger partial charge is 0.482 e. The molecule has 1 amide bonds. The minimum atomic E-state index is -0.301. The lowest BCUT2D eigenvalue weighted by molar-refractivity contribution is 0.102. The number of nitrogens with zero attached hydrogens (tertiary/aromatic N) is 3. The van der Waals surface area contributed by atoms with Crippen LogP contribution in [0.4, 0.5) is 11.5 Å². The maximum Gasteiger partial charge on any atom is 0.255 e. The van der Waals surface area contributed by atoms with Gasteiger partial charge in [-0.15, -0.1) is 0 Å². The van der Waals surface area contributed by atoms with Crippen LogP contribution < -0.4 is 15.8 Å². The Balaban J connectivity index is 1.18. The zero-order valence-electron chi connectivity index (χ0n) is 20.5. The molecule has 2 aromatic carbocycles. The summed E-state index contributed by atoms with van der Waals surface area (Å²) in [5, 5.41) is 7.28. The van der Waals surface area contributed by atoms with Gasteiger partial charge in [0.1, 0.15) is 6.10 Å². The Morgan fingerprint density at radius 1 is 1.11 bits per heavy atom. The van der Waals surface area contributed by atoms with E-state index >= 15 is 0 Å². The van der Waals surface area contributed by atoms with Crippen LogP contribution in [-0.2, 0) is 18.9 Å². The number of aryl methyl sites for hydroxylation is 2. The molecule has 6 rings (SSSR count). The molecule has 1 spiro atoms. The van der Waals surface area contributed by atoms with E-state index in [4.69, 9.17) is 10.5 Å². The van der Waals surface area contributed by atoms with Crippen molar-refractivity contribution in [3.05, 3.63) is 89.4 Å². The number of nitrogens with two attached hydrogens (primary N) is 1.